The van der Waals surface area contributed by atoms with Gasteiger partial charge < -0.3 is 19.4 Å². The van der Waals surface area contributed by atoms with Gasteiger partial charge in [0, 0.05) is 38.1 Å². The standard InChI is InChI=1S/C22H36N4O2/c1-3-28-18-22(27)26(16-19-4-10-23-11-5-19)17-20-6-14-25(15-7-20)21-8-12-24(2)13-9-21/h4-5,10-11,20-21H,3,6-9,12-18H2,1-2H3. The molecule has 6 nitrogen and oxygen atoms in total. The van der Waals surface area contributed by atoms with Crippen molar-refractivity contribution in [3.8, 4) is 0 Å². The number of nitrogens with zero attached hydrogens (tertiary/aromatic N) is 4. The molecule has 0 aromatic carbocycles. The van der Waals surface area contributed by atoms with Crippen molar-refractivity contribution in [2.75, 3.05) is 53.0 Å². The molecule has 0 atom stereocenters. The molecule has 0 unspecified atom stereocenters. The van der Waals surface area contributed by atoms with E-state index in [0.29, 0.717) is 19.1 Å². The molecule has 2 saturated heterocycles. The lowest BCUT2D eigenvalue weighted by Gasteiger charge is -2.42. The number of pyridine rings is 1. The van der Waals surface area contributed by atoms with Gasteiger partial charge in [-0.2, -0.15) is 0 Å². The second-order valence-electron chi connectivity index (χ2n) is 8.28. The highest BCUT2D eigenvalue weighted by atomic mass is 16.5. The fourth-order valence-corrected chi connectivity index (χ4v) is 4.42. The van der Waals surface area contributed by atoms with E-state index < -0.39 is 0 Å². The first-order valence-electron chi connectivity index (χ1n) is 10.8. The number of aromatic nitrogens is 1. The molecule has 2 fully saturated rings. The maximum atomic E-state index is 12.7. The Hall–Kier alpha value is -1.50. The lowest BCUT2D eigenvalue weighted by atomic mass is 9.93. The summed E-state index contributed by atoms with van der Waals surface area (Å²) in [5.41, 5.74) is 1.13. The van der Waals surface area contributed by atoms with E-state index in [0.717, 1.165) is 18.2 Å². The van der Waals surface area contributed by atoms with Gasteiger partial charge in [0.1, 0.15) is 6.61 Å². The van der Waals surface area contributed by atoms with Crippen molar-refractivity contribution in [1.82, 2.24) is 19.7 Å². The maximum Gasteiger partial charge on any atom is 0.248 e. The number of piperidine rings is 2. The van der Waals surface area contributed by atoms with E-state index in [1.807, 2.05) is 24.0 Å². The quantitative estimate of drug-likeness (QED) is 0.684. The molecule has 0 radical (unpaired) electrons. The number of likely N-dealkylation sites (tertiary alicyclic amines) is 2. The van der Waals surface area contributed by atoms with Crippen LogP contribution in [0, 0.1) is 5.92 Å². The van der Waals surface area contributed by atoms with Gasteiger partial charge in [0.25, 0.3) is 0 Å². The molecule has 0 bridgehead atoms. The summed E-state index contributed by atoms with van der Waals surface area (Å²) < 4.78 is 5.39. The summed E-state index contributed by atoms with van der Waals surface area (Å²) in [5, 5.41) is 0. The van der Waals surface area contributed by atoms with Gasteiger partial charge in [-0.25, -0.2) is 0 Å². The molecule has 2 aliphatic rings. The average Bonchev–Trinajstić information content (AvgIpc) is 2.73. The molecule has 0 N–H and O–H groups in total. The van der Waals surface area contributed by atoms with Gasteiger partial charge in [-0.3, -0.25) is 9.78 Å². The number of carbonyl (C=O) groups is 1. The molecule has 1 amide bonds. The molecular formula is C22H36N4O2. The number of rotatable bonds is 8. The topological polar surface area (TPSA) is 48.9 Å². The maximum absolute atomic E-state index is 12.7. The molecule has 156 valence electrons. The molecule has 3 rings (SSSR count). The van der Waals surface area contributed by atoms with Crippen LogP contribution in [0.5, 0.6) is 0 Å². The number of amides is 1. The molecule has 3 heterocycles. The molecular weight excluding hydrogens is 352 g/mol. The van der Waals surface area contributed by atoms with Crippen LogP contribution in [0.2, 0.25) is 0 Å². The number of carbonyl (C=O) groups excluding carboxylic acids is 1. The van der Waals surface area contributed by atoms with E-state index in [1.54, 1.807) is 12.4 Å². The minimum Gasteiger partial charge on any atom is -0.372 e. The Balaban J connectivity index is 1.51. The summed E-state index contributed by atoms with van der Waals surface area (Å²) >= 11 is 0. The normalized spacial score (nSPS) is 20.4. The minimum absolute atomic E-state index is 0.0939. The van der Waals surface area contributed by atoms with Crippen LogP contribution in [0.1, 0.15) is 38.2 Å². The highest BCUT2D eigenvalue weighted by Gasteiger charge is 2.29. The minimum atomic E-state index is 0.0939. The van der Waals surface area contributed by atoms with Crippen LogP contribution in [-0.4, -0.2) is 84.6 Å². The van der Waals surface area contributed by atoms with Gasteiger partial charge >= 0.3 is 0 Å². The average molecular weight is 389 g/mol. The third kappa shape index (κ3) is 6.26. The first-order valence-corrected chi connectivity index (χ1v) is 10.8. The van der Waals surface area contributed by atoms with E-state index in [-0.39, 0.29) is 12.5 Å². The van der Waals surface area contributed by atoms with Gasteiger partial charge in [-0.1, -0.05) is 0 Å². The Kier molecular flexibility index (Phi) is 8.25. The van der Waals surface area contributed by atoms with E-state index in [9.17, 15) is 4.79 Å². The van der Waals surface area contributed by atoms with Crippen LogP contribution < -0.4 is 0 Å². The molecule has 1 aromatic heterocycles. The Morgan fingerprint density at radius 2 is 1.82 bits per heavy atom. The third-order valence-corrected chi connectivity index (χ3v) is 6.24. The Morgan fingerprint density at radius 1 is 1.14 bits per heavy atom. The van der Waals surface area contributed by atoms with Crippen molar-refractivity contribution in [2.24, 2.45) is 5.92 Å². The predicted molar refractivity (Wildman–Crippen MR) is 111 cm³/mol. The fourth-order valence-electron chi connectivity index (χ4n) is 4.42. The predicted octanol–water partition coefficient (Wildman–Crippen LogP) is 2.25. The zero-order chi connectivity index (χ0) is 19.8. The molecule has 0 spiro atoms. The van der Waals surface area contributed by atoms with Gasteiger partial charge in [-0.15, -0.1) is 0 Å². The molecule has 0 aliphatic carbocycles. The van der Waals surface area contributed by atoms with Crippen molar-refractivity contribution in [2.45, 2.75) is 45.2 Å². The molecule has 28 heavy (non-hydrogen) atoms. The SMILES string of the molecule is CCOCC(=O)N(Cc1ccncc1)CC1CCN(C2CCN(C)CC2)CC1. The van der Waals surface area contributed by atoms with Crippen LogP contribution in [0.15, 0.2) is 24.5 Å². The number of hydrogen-bond donors (Lipinski definition) is 0. The molecule has 6 heteroatoms. The first-order chi connectivity index (χ1) is 13.7. The number of ether oxygens (including phenoxy) is 1. The van der Waals surface area contributed by atoms with Gasteiger partial charge in [0.05, 0.1) is 0 Å². The number of hydrogen-bond acceptors (Lipinski definition) is 5. The summed E-state index contributed by atoms with van der Waals surface area (Å²) in [6, 6.07) is 4.73. The summed E-state index contributed by atoms with van der Waals surface area (Å²) in [6.07, 6.45) is 8.54. The Labute approximate surface area is 169 Å². The van der Waals surface area contributed by atoms with Gasteiger partial charge in [-0.05, 0) is 89.4 Å². The van der Waals surface area contributed by atoms with E-state index in [2.05, 4.69) is 21.8 Å². The fraction of sp³-hybridized carbons (Fsp3) is 0.727. The van der Waals surface area contributed by atoms with Gasteiger partial charge in [0.2, 0.25) is 5.91 Å². The first kappa shape index (κ1) is 21.2. The summed E-state index contributed by atoms with van der Waals surface area (Å²) in [5.74, 6) is 0.673. The van der Waals surface area contributed by atoms with Crippen molar-refractivity contribution >= 4 is 5.91 Å². The highest BCUT2D eigenvalue weighted by molar-refractivity contribution is 5.77. The Morgan fingerprint density at radius 3 is 2.46 bits per heavy atom. The summed E-state index contributed by atoms with van der Waals surface area (Å²) in [7, 11) is 2.22. The molecule has 1 aromatic rings. The third-order valence-electron chi connectivity index (χ3n) is 6.24. The van der Waals surface area contributed by atoms with Crippen molar-refractivity contribution in [3.63, 3.8) is 0 Å². The van der Waals surface area contributed by atoms with Crippen LogP contribution in [0.4, 0.5) is 0 Å². The smallest absolute Gasteiger partial charge is 0.248 e. The molecule has 2 aliphatic heterocycles. The molecule has 0 saturated carbocycles. The summed E-state index contributed by atoms with van der Waals surface area (Å²) in [4.78, 5) is 23.9. The van der Waals surface area contributed by atoms with E-state index >= 15 is 0 Å². The van der Waals surface area contributed by atoms with Gasteiger partial charge in [0.15, 0.2) is 0 Å². The van der Waals surface area contributed by atoms with E-state index in [1.165, 1.54) is 51.9 Å². The lowest BCUT2D eigenvalue weighted by molar-refractivity contribution is -0.137. The van der Waals surface area contributed by atoms with Crippen molar-refractivity contribution in [1.29, 1.82) is 0 Å². The second kappa shape index (κ2) is 10.9. The van der Waals surface area contributed by atoms with Crippen molar-refractivity contribution in [3.05, 3.63) is 30.1 Å². The highest BCUT2D eigenvalue weighted by Crippen LogP contribution is 2.24. The van der Waals surface area contributed by atoms with Crippen LogP contribution >= 0.6 is 0 Å². The zero-order valence-electron chi connectivity index (χ0n) is 17.6. The van der Waals surface area contributed by atoms with E-state index in [4.69, 9.17) is 4.74 Å². The van der Waals surface area contributed by atoms with Crippen LogP contribution in [0.3, 0.4) is 0 Å². The largest absolute Gasteiger partial charge is 0.372 e. The monoisotopic (exact) mass is 388 g/mol. The van der Waals surface area contributed by atoms with Crippen molar-refractivity contribution < 1.29 is 9.53 Å². The Bertz CT molecular complexity index is 581. The zero-order valence-corrected chi connectivity index (χ0v) is 17.6. The van der Waals surface area contributed by atoms with Crippen LogP contribution in [0.25, 0.3) is 0 Å². The second-order valence-corrected chi connectivity index (χ2v) is 8.28. The summed E-state index contributed by atoms with van der Waals surface area (Å²) in [6.45, 7) is 8.92. The lowest BCUT2D eigenvalue weighted by Crippen LogP contribution is -2.48. The van der Waals surface area contributed by atoms with Crippen LogP contribution in [-0.2, 0) is 16.1 Å².